The minimum absolute atomic E-state index is 0.0671. The molecular formula is C13H29N5O4. The summed E-state index contributed by atoms with van der Waals surface area (Å²) in [7, 11) is 0. The molecule has 130 valence electrons. The summed E-state index contributed by atoms with van der Waals surface area (Å²) in [5.74, 6) is -1.88. The standard InChI is InChI=1S/C7H16N4O2.C6H13NO2/c8-5(6(12)13)3-1-2-4-11-7(9)10;1-3-4(2)5(7)6(8)9/h5H,1-4,8H2,(H,12,13)(H4,9,10,11);4-5H,3,7H2,1-2H3,(H,8,9). The van der Waals surface area contributed by atoms with E-state index < -0.39 is 24.0 Å². The second kappa shape index (κ2) is 12.8. The Morgan fingerprint density at radius 3 is 2.05 bits per heavy atom. The van der Waals surface area contributed by atoms with Gasteiger partial charge >= 0.3 is 11.9 Å². The molecule has 0 amide bonds. The van der Waals surface area contributed by atoms with Crippen LogP contribution in [0.2, 0.25) is 0 Å². The van der Waals surface area contributed by atoms with E-state index in [1.807, 2.05) is 13.8 Å². The zero-order valence-electron chi connectivity index (χ0n) is 13.2. The fraction of sp³-hybridized carbons (Fsp3) is 0.769. The number of guanidine groups is 1. The molecule has 0 saturated carbocycles. The van der Waals surface area contributed by atoms with Crippen LogP contribution in [0.15, 0.2) is 0 Å². The Kier molecular flexibility index (Phi) is 13.1. The second-order valence-corrected chi connectivity index (χ2v) is 5.03. The normalized spacial score (nSPS) is 14.0. The molecular weight excluding hydrogens is 290 g/mol. The molecule has 0 aromatic rings. The molecule has 0 aromatic carbocycles. The number of rotatable bonds is 9. The fourth-order valence-electron chi connectivity index (χ4n) is 1.33. The molecule has 0 aliphatic heterocycles. The Morgan fingerprint density at radius 2 is 1.73 bits per heavy atom. The van der Waals surface area contributed by atoms with Gasteiger partial charge in [0.25, 0.3) is 0 Å². The van der Waals surface area contributed by atoms with Crippen molar-refractivity contribution < 1.29 is 19.8 Å². The monoisotopic (exact) mass is 319 g/mol. The van der Waals surface area contributed by atoms with Crippen LogP contribution in [0.25, 0.3) is 0 Å². The molecule has 0 aromatic heterocycles. The van der Waals surface area contributed by atoms with Gasteiger partial charge in [-0.05, 0) is 25.2 Å². The molecule has 0 rings (SSSR count). The Morgan fingerprint density at radius 1 is 1.18 bits per heavy atom. The smallest absolute Gasteiger partial charge is 0.320 e. The van der Waals surface area contributed by atoms with Crippen LogP contribution in [0, 0.1) is 11.3 Å². The minimum atomic E-state index is -0.973. The predicted molar refractivity (Wildman–Crippen MR) is 84.4 cm³/mol. The van der Waals surface area contributed by atoms with Crippen LogP contribution in [-0.4, -0.2) is 46.7 Å². The van der Waals surface area contributed by atoms with Crippen LogP contribution in [0.4, 0.5) is 0 Å². The number of carbonyl (C=O) groups is 2. The highest BCUT2D eigenvalue weighted by molar-refractivity contribution is 5.74. The third-order valence-corrected chi connectivity index (χ3v) is 3.12. The van der Waals surface area contributed by atoms with Gasteiger partial charge in [0.1, 0.15) is 12.1 Å². The topological polar surface area (TPSA) is 189 Å². The molecule has 9 nitrogen and oxygen atoms in total. The molecule has 3 atom stereocenters. The zero-order valence-corrected chi connectivity index (χ0v) is 13.2. The van der Waals surface area contributed by atoms with E-state index in [0.29, 0.717) is 19.4 Å². The maximum Gasteiger partial charge on any atom is 0.320 e. The van der Waals surface area contributed by atoms with Crippen molar-refractivity contribution in [1.29, 1.82) is 5.41 Å². The van der Waals surface area contributed by atoms with Gasteiger partial charge in [-0.25, -0.2) is 0 Å². The molecule has 0 bridgehead atoms. The highest BCUT2D eigenvalue weighted by Crippen LogP contribution is 2.04. The van der Waals surface area contributed by atoms with Gasteiger partial charge in [-0.2, -0.15) is 0 Å². The van der Waals surface area contributed by atoms with E-state index in [1.165, 1.54) is 0 Å². The summed E-state index contributed by atoms with van der Waals surface area (Å²) in [5, 5.41) is 26.2. The van der Waals surface area contributed by atoms with Crippen molar-refractivity contribution >= 4 is 17.9 Å². The summed E-state index contributed by atoms with van der Waals surface area (Å²) in [6, 6.07) is -1.48. The molecule has 3 unspecified atom stereocenters. The summed E-state index contributed by atoms with van der Waals surface area (Å²) in [5.41, 5.74) is 15.6. The van der Waals surface area contributed by atoms with Crippen LogP contribution in [0.3, 0.4) is 0 Å². The van der Waals surface area contributed by atoms with E-state index in [4.69, 9.17) is 32.8 Å². The second-order valence-electron chi connectivity index (χ2n) is 5.03. The number of carboxylic acids is 2. The van der Waals surface area contributed by atoms with Gasteiger partial charge in [0.15, 0.2) is 5.96 Å². The average Bonchev–Trinajstić information content (AvgIpc) is 2.45. The minimum Gasteiger partial charge on any atom is -0.480 e. The van der Waals surface area contributed by atoms with Gasteiger partial charge in [-0.15, -0.1) is 0 Å². The van der Waals surface area contributed by atoms with Gasteiger partial charge < -0.3 is 32.7 Å². The summed E-state index contributed by atoms with van der Waals surface area (Å²) in [6.45, 7) is 4.34. The Labute approximate surface area is 130 Å². The van der Waals surface area contributed by atoms with Crippen molar-refractivity contribution in [3.8, 4) is 0 Å². The number of hydrogen-bond donors (Lipinski definition) is 7. The van der Waals surface area contributed by atoms with Crippen molar-refractivity contribution in [1.82, 2.24) is 5.32 Å². The lowest BCUT2D eigenvalue weighted by Gasteiger charge is -2.11. The van der Waals surface area contributed by atoms with Crippen LogP contribution >= 0.6 is 0 Å². The summed E-state index contributed by atoms with van der Waals surface area (Å²) < 4.78 is 0. The first-order valence-corrected chi connectivity index (χ1v) is 7.18. The van der Waals surface area contributed by atoms with E-state index in [2.05, 4.69) is 5.32 Å². The SMILES string of the molecule is CCC(C)C(N)C(=O)O.N=C(N)NCCCCC(N)C(=O)O. The van der Waals surface area contributed by atoms with Crippen LogP contribution < -0.4 is 22.5 Å². The van der Waals surface area contributed by atoms with Crippen LogP contribution in [-0.2, 0) is 9.59 Å². The Hall–Kier alpha value is -1.87. The van der Waals surface area contributed by atoms with Gasteiger partial charge in [-0.1, -0.05) is 20.3 Å². The first-order chi connectivity index (χ1) is 10.1. The molecule has 0 heterocycles. The highest BCUT2D eigenvalue weighted by Gasteiger charge is 2.17. The molecule has 9 heteroatoms. The average molecular weight is 319 g/mol. The largest absolute Gasteiger partial charge is 0.480 e. The van der Waals surface area contributed by atoms with E-state index in [0.717, 1.165) is 12.8 Å². The van der Waals surface area contributed by atoms with Gasteiger partial charge in [0, 0.05) is 6.54 Å². The molecule has 0 aliphatic rings. The number of carboxylic acid groups (broad SMARTS) is 2. The first kappa shape index (κ1) is 22.4. The molecule has 0 spiro atoms. The van der Waals surface area contributed by atoms with Crippen molar-refractivity contribution in [2.75, 3.05) is 6.54 Å². The van der Waals surface area contributed by atoms with Crippen molar-refractivity contribution in [3.05, 3.63) is 0 Å². The molecule has 0 radical (unpaired) electrons. The Balaban J connectivity index is 0. The zero-order chi connectivity index (χ0) is 17.7. The van der Waals surface area contributed by atoms with E-state index >= 15 is 0 Å². The number of nitrogens with one attached hydrogen (secondary N) is 2. The first-order valence-electron chi connectivity index (χ1n) is 7.18. The van der Waals surface area contributed by atoms with Crippen molar-refractivity contribution in [2.45, 2.75) is 51.6 Å². The number of unbranched alkanes of at least 4 members (excludes halogenated alkanes) is 1. The lowest BCUT2D eigenvalue weighted by molar-refractivity contribution is -0.140. The lowest BCUT2D eigenvalue weighted by atomic mass is 10.0. The van der Waals surface area contributed by atoms with Gasteiger partial charge in [0.05, 0.1) is 0 Å². The summed E-state index contributed by atoms with van der Waals surface area (Å²) >= 11 is 0. The quantitative estimate of drug-likeness (QED) is 0.168. The van der Waals surface area contributed by atoms with Crippen molar-refractivity contribution in [2.24, 2.45) is 23.1 Å². The third kappa shape index (κ3) is 13.1. The maximum atomic E-state index is 10.3. The molecule has 22 heavy (non-hydrogen) atoms. The third-order valence-electron chi connectivity index (χ3n) is 3.12. The van der Waals surface area contributed by atoms with E-state index in [9.17, 15) is 9.59 Å². The van der Waals surface area contributed by atoms with Gasteiger partial charge in [-0.3, -0.25) is 15.0 Å². The van der Waals surface area contributed by atoms with E-state index in [1.54, 1.807) is 0 Å². The number of nitrogens with two attached hydrogens (primary N) is 3. The van der Waals surface area contributed by atoms with Crippen LogP contribution in [0.5, 0.6) is 0 Å². The summed E-state index contributed by atoms with van der Waals surface area (Å²) in [4.78, 5) is 20.5. The lowest BCUT2D eigenvalue weighted by Crippen LogP contribution is -2.36. The van der Waals surface area contributed by atoms with Crippen molar-refractivity contribution in [3.63, 3.8) is 0 Å². The van der Waals surface area contributed by atoms with Gasteiger partial charge in [0.2, 0.25) is 0 Å². The molecule has 0 saturated heterocycles. The fourth-order valence-corrected chi connectivity index (χ4v) is 1.33. The molecule has 10 N–H and O–H groups in total. The van der Waals surface area contributed by atoms with Crippen LogP contribution in [0.1, 0.15) is 39.5 Å². The van der Waals surface area contributed by atoms with E-state index in [-0.39, 0.29) is 11.9 Å². The number of hydrogen-bond acceptors (Lipinski definition) is 5. The predicted octanol–water partition coefficient (Wildman–Crippen LogP) is -0.504. The number of aliphatic carboxylic acids is 2. The molecule has 0 aliphatic carbocycles. The Bertz CT molecular complexity index is 351. The maximum absolute atomic E-state index is 10.3. The highest BCUT2D eigenvalue weighted by atomic mass is 16.4. The summed E-state index contributed by atoms with van der Waals surface area (Å²) in [6.07, 6.45) is 2.75. The molecule has 0 fully saturated rings.